The van der Waals surface area contributed by atoms with Crippen LogP contribution in [-0.4, -0.2) is 65.3 Å². The molecule has 0 bridgehead atoms. The van der Waals surface area contributed by atoms with Crippen LogP contribution in [0.2, 0.25) is 0 Å². The van der Waals surface area contributed by atoms with Crippen molar-refractivity contribution in [3.63, 3.8) is 0 Å². The van der Waals surface area contributed by atoms with Crippen molar-refractivity contribution < 1.29 is 19.1 Å². The Morgan fingerprint density at radius 3 is 2.41 bits per heavy atom. The zero-order chi connectivity index (χ0) is 24.1. The summed E-state index contributed by atoms with van der Waals surface area (Å²) in [6.07, 6.45) is 3.00. The van der Waals surface area contributed by atoms with Crippen LogP contribution >= 0.6 is 0 Å². The van der Waals surface area contributed by atoms with Crippen LogP contribution in [0, 0.1) is 0 Å². The lowest BCUT2D eigenvalue weighted by Crippen LogP contribution is -2.50. The van der Waals surface area contributed by atoms with Gasteiger partial charge in [0.05, 0.1) is 6.04 Å². The monoisotopic (exact) mass is 466 g/mol. The minimum atomic E-state index is -0.510. The number of aromatic nitrogens is 1. The lowest BCUT2D eigenvalue weighted by atomic mass is 10.0. The quantitative estimate of drug-likeness (QED) is 0.655. The van der Waals surface area contributed by atoms with Gasteiger partial charge in [0.25, 0.3) is 0 Å². The number of rotatable bonds is 4. The molecule has 2 aliphatic rings. The highest BCUT2D eigenvalue weighted by atomic mass is 16.6. The summed E-state index contributed by atoms with van der Waals surface area (Å²) in [5, 5.41) is 0. The highest BCUT2D eigenvalue weighted by molar-refractivity contribution is 5.70. The van der Waals surface area contributed by atoms with Gasteiger partial charge in [0.2, 0.25) is 0 Å². The summed E-state index contributed by atoms with van der Waals surface area (Å²) >= 11 is 0. The van der Waals surface area contributed by atoms with Crippen molar-refractivity contribution in [2.24, 2.45) is 0 Å². The van der Waals surface area contributed by atoms with Crippen molar-refractivity contribution in [1.82, 2.24) is 14.8 Å². The lowest BCUT2D eigenvalue weighted by molar-refractivity contribution is 0.0240. The molecule has 4 rings (SSSR count). The maximum atomic E-state index is 12.9. The second-order valence-corrected chi connectivity index (χ2v) is 9.76. The van der Waals surface area contributed by atoms with E-state index in [0.29, 0.717) is 32.7 Å². The molecule has 0 saturated carbocycles. The van der Waals surface area contributed by atoms with E-state index in [0.717, 1.165) is 29.8 Å². The zero-order valence-corrected chi connectivity index (χ0v) is 20.3. The van der Waals surface area contributed by atoms with Crippen LogP contribution in [-0.2, 0) is 16.1 Å². The van der Waals surface area contributed by atoms with E-state index in [2.05, 4.69) is 16.0 Å². The maximum Gasteiger partial charge on any atom is 0.410 e. The van der Waals surface area contributed by atoms with Crippen molar-refractivity contribution in [2.45, 2.75) is 51.9 Å². The number of pyridine rings is 1. The Morgan fingerprint density at radius 2 is 1.71 bits per heavy atom. The lowest BCUT2D eigenvalue weighted by Gasteiger charge is -2.37. The number of piperazine rings is 1. The molecular formula is C26H34N4O4. The number of carbonyl (C=O) groups excluding carboxylic acids is 2. The molecule has 182 valence electrons. The minimum absolute atomic E-state index is 0.0733. The molecule has 34 heavy (non-hydrogen) atoms. The normalized spacial score (nSPS) is 18.7. The van der Waals surface area contributed by atoms with Crippen LogP contribution in [0.25, 0.3) is 0 Å². The number of ether oxygens (including phenoxy) is 2. The van der Waals surface area contributed by atoms with E-state index in [9.17, 15) is 9.59 Å². The fourth-order valence-electron chi connectivity index (χ4n) is 4.47. The molecule has 1 atom stereocenters. The summed E-state index contributed by atoms with van der Waals surface area (Å²) in [5.74, 6) is 0.874. The number of hydrogen-bond donors (Lipinski definition) is 0. The van der Waals surface area contributed by atoms with Crippen molar-refractivity contribution in [1.29, 1.82) is 0 Å². The first-order valence-electron chi connectivity index (χ1n) is 12.0. The molecule has 1 aromatic carbocycles. The second kappa shape index (κ2) is 10.3. The Kier molecular flexibility index (Phi) is 7.24. The predicted molar refractivity (Wildman–Crippen MR) is 130 cm³/mol. The van der Waals surface area contributed by atoms with E-state index >= 15 is 0 Å². The van der Waals surface area contributed by atoms with E-state index in [4.69, 9.17) is 9.47 Å². The van der Waals surface area contributed by atoms with Gasteiger partial charge in [-0.1, -0.05) is 36.4 Å². The summed E-state index contributed by atoms with van der Waals surface area (Å²) in [7, 11) is 0. The molecule has 1 aromatic heterocycles. The summed E-state index contributed by atoms with van der Waals surface area (Å²) in [4.78, 5) is 35.8. The Labute approximate surface area is 201 Å². The van der Waals surface area contributed by atoms with Gasteiger partial charge in [-0.15, -0.1) is 0 Å². The Balaban J connectivity index is 1.41. The molecule has 2 saturated heterocycles. The van der Waals surface area contributed by atoms with Crippen molar-refractivity contribution >= 4 is 18.0 Å². The third kappa shape index (κ3) is 5.79. The Hall–Kier alpha value is -3.29. The van der Waals surface area contributed by atoms with Gasteiger partial charge in [0.15, 0.2) is 0 Å². The number of likely N-dealkylation sites (tertiary alicyclic amines) is 1. The summed E-state index contributed by atoms with van der Waals surface area (Å²) in [5.41, 5.74) is 1.49. The third-order valence-electron chi connectivity index (χ3n) is 6.10. The molecule has 8 heteroatoms. The number of anilines is 1. The van der Waals surface area contributed by atoms with E-state index in [1.54, 1.807) is 11.1 Å². The SMILES string of the molecule is CC(C)(C)OC(=O)N1CCN(c2ncccc2[C@@H]2CCCN2C(=O)OCc2ccccc2)CC1. The Bertz CT molecular complexity index is 984. The van der Waals surface area contributed by atoms with Gasteiger partial charge in [-0.25, -0.2) is 14.6 Å². The number of carbonyl (C=O) groups is 2. The molecule has 0 unspecified atom stereocenters. The molecule has 0 N–H and O–H groups in total. The summed E-state index contributed by atoms with van der Waals surface area (Å²) in [6, 6.07) is 13.6. The third-order valence-corrected chi connectivity index (χ3v) is 6.10. The number of benzene rings is 1. The molecule has 0 aliphatic carbocycles. The first kappa shape index (κ1) is 23.9. The minimum Gasteiger partial charge on any atom is -0.445 e. The smallest absolute Gasteiger partial charge is 0.410 e. The van der Waals surface area contributed by atoms with Gasteiger partial charge in [-0.3, -0.25) is 0 Å². The molecule has 8 nitrogen and oxygen atoms in total. The predicted octanol–water partition coefficient (Wildman–Crippen LogP) is 4.61. The van der Waals surface area contributed by atoms with E-state index < -0.39 is 5.60 Å². The van der Waals surface area contributed by atoms with Gasteiger partial charge in [0.1, 0.15) is 18.0 Å². The fraction of sp³-hybridized carbons (Fsp3) is 0.500. The first-order chi connectivity index (χ1) is 16.3. The summed E-state index contributed by atoms with van der Waals surface area (Å²) in [6.45, 7) is 9.01. The average Bonchev–Trinajstić information content (AvgIpc) is 3.32. The molecule has 0 radical (unpaired) electrons. The molecule has 2 amide bonds. The second-order valence-electron chi connectivity index (χ2n) is 9.76. The molecule has 2 fully saturated rings. The van der Waals surface area contributed by atoms with Gasteiger partial charge in [-0.2, -0.15) is 0 Å². The largest absolute Gasteiger partial charge is 0.445 e. The average molecular weight is 467 g/mol. The topological polar surface area (TPSA) is 75.2 Å². The zero-order valence-electron chi connectivity index (χ0n) is 20.3. The van der Waals surface area contributed by atoms with Gasteiger partial charge < -0.3 is 24.2 Å². The maximum absolute atomic E-state index is 12.9. The Morgan fingerprint density at radius 1 is 0.971 bits per heavy atom. The van der Waals surface area contributed by atoms with Crippen molar-refractivity contribution in [3.05, 3.63) is 59.8 Å². The number of amides is 2. The fourth-order valence-corrected chi connectivity index (χ4v) is 4.47. The van der Waals surface area contributed by atoms with Crippen LogP contribution in [0.4, 0.5) is 15.4 Å². The highest BCUT2D eigenvalue weighted by Crippen LogP contribution is 2.37. The van der Waals surface area contributed by atoms with E-state index in [1.165, 1.54) is 0 Å². The molecule has 3 heterocycles. The van der Waals surface area contributed by atoms with Crippen molar-refractivity contribution in [3.8, 4) is 0 Å². The molecule has 2 aliphatic heterocycles. The van der Waals surface area contributed by atoms with E-state index in [-0.39, 0.29) is 24.8 Å². The first-order valence-corrected chi connectivity index (χ1v) is 12.0. The highest BCUT2D eigenvalue weighted by Gasteiger charge is 2.35. The number of nitrogens with zero attached hydrogens (tertiary/aromatic N) is 4. The van der Waals surface area contributed by atoms with Crippen LogP contribution in [0.15, 0.2) is 48.7 Å². The van der Waals surface area contributed by atoms with E-state index in [1.807, 2.05) is 62.1 Å². The molecular weight excluding hydrogens is 432 g/mol. The standard InChI is InChI=1S/C26H34N4O4/c1-26(2,3)34-24(31)29-17-15-28(16-18-29)23-21(11-7-13-27-23)22-12-8-14-30(22)25(32)33-19-20-9-5-4-6-10-20/h4-7,9-11,13,22H,8,12,14-19H2,1-3H3/t22-/m0/s1. The van der Waals surface area contributed by atoms with Crippen LogP contribution in [0.5, 0.6) is 0 Å². The van der Waals surface area contributed by atoms with Crippen LogP contribution in [0.1, 0.15) is 50.8 Å². The molecule has 0 spiro atoms. The van der Waals surface area contributed by atoms with Gasteiger partial charge >= 0.3 is 12.2 Å². The van der Waals surface area contributed by atoms with Gasteiger partial charge in [0, 0.05) is 44.5 Å². The van der Waals surface area contributed by atoms with Crippen LogP contribution in [0.3, 0.4) is 0 Å². The van der Waals surface area contributed by atoms with Crippen molar-refractivity contribution in [2.75, 3.05) is 37.6 Å². The van der Waals surface area contributed by atoms with Crippen LogP contribution < -0.4 is 4.90 Å². The van der Waals surface area contributed by atoms with Gasteiger partial charge in [-0.05, 0) is 45.2 Å². The summed E-state index contributed by atoms with van der Waals surface area (Å²) < 4.78 is 11.1. The number of hydrogen-bond acceptors (Lipinski definition) is 6. The molecule has 2 aromatic rings.